The molecule has 0 aromatic heterocycles. The van der Waals surface area contributed by atoms with Gasteiger partial charge in [-0.05, 0) is 64.7 Å². The van der Waals surface area contributed by atoms with Gasteiger partial charge in [-0.15, -0.1) is 0 Å². The van der Waals surface area contributed by atoms with Crippen LogP contribution in [0, 0.1) is 0 Å². The minimum Gasteiger partial charge on any atom is -0.550 e. The fourth-order valence-corrected chi connectivity index (χ4v) is 6.81. The molecule has 0 spiro atoms. The molecule has 0 aromatic carbocycles. The Bertz CT molecular complexity index is 622. The van der Waals surface area contributed by atoms with E-state index < -0.39 is 11.9 Å². The van der Waals surface area contributed by atoms with Gasteiger partial charge in [0.1, 0.15) is 0 Å². The van der Waals surface area contributed by atoms with Crippen molar-refractivity contribution in [3.05, 3.63) is 0 Å². The average Bonchev–Trinajstić information content (AvgIpc) is 3.16. The number of carbonyl (C=O) groups is 2. The standard InChI is InChI=1S/2C18H36O2.C10H24N4.Mn/c2*1-2-3-4-5-6-7-8-9-10-11-12-13-14-15-16-17-18(19)20;1-3-11-7-9-13-5-2-6-14-10-8-12-4-1;/h2*2-17H2,1H3,(H,19,20);11-14H,1-10H2;/q;;;+2/p-2. The van der Waals surface area contributed by atoms with Crippen LogP contribution in [0.15, 0.2) is 0 Å². The van der Waals surface area contributed by atoms with Crippen LogP contribution < -0.4 is 31.5 Å². The van der Waals surface area contributed by atoms with Gasteiger partial charge in [0.05, 0.1) is 0 Å². The van der Waals surface area contributed by atoms with Gasteiger partial charge in [0.15, 0.2) is 0 Å². The number of hydrogen-bond acceptors (Lipinski definition) is 8. The summed E-state index contributed by atoms with van der Waals surface area (Å²) in [5.74, 6) is -1.81. The van der Waals surface area contributed by atoms with Crippen molar-refractivity contribution < 1.29 is 36.9 Å². The number of nitrogens with one attached hydrogen (secondary N) is 4. The fourth-order valence-electron chi connectivity index (χ4n) is 6.81. The molecule has 0 unspecified atom stereocenters. The van der Waals surface area contributed by atoms with Gasteiger partial charge in [0, 0.05) is 38.1 Å². The molecule has 1 saturated heterocycles. The van der Waals surface area contributed by atoms with Gasteiger partial charge in [-0.3, -0.25) is 0 Å². The van der Waals surface area contributed by atoms with Gasteiger partial charge in [-0.25, -0.2) is 0 Å². The Morgan fingerprint density at radius 3 is 0.691 bits per heavy atom. The first-order chi connectivity index (χ1) is 26.5. The summed E-state index contributed by atoms with van der Waals surface area (Å²) in [7, 11) is 0. The first-order valence-corrected chi connectivity index (χ1v) is 23.8. The van der Waals surface area contributed by atoms with Gasteiger partial charge >= 0.3 is 17.1 Å². The largest absolute Gasteiger partial charge is 2.00 e. The van der Waals surface area contributed by atoms with Crippen molar-refractivity contribution in [2.45, 2.75) is 232 Å². The van der Waals surface area contributed by atoms with E-state index in [1.165, 1.54) is 180 Å². The van der Waals surface area contributed by atoms with E-state index in [0.29, 0.717) is 0 Å². The van der Waals surface area contributed by atoms with Gasteiger partial charge in [-0.1, -0.05) is 194 Å². The second-order valence-corrected chi connectivity index (χ2v) is 15.9. The molecule has 0 aliphatic carbocycles. The topological polar surface area (TPSA) is 128 Å². The van der Waals surface area contributed by atoms with Crippen LogP contribution in [-0.4, -0.2) is 64.3 Å². The zero-order valence-corrected chi connectivity index (χ0v) is 37.9. The summed E-state index contributed by atoms with van der Waals surface area (Å²) < 4.78 is 0. The molecule has 1 radical (unpaired) electrons. The number of carbonyl (C=O) groups excluding carboxylic acids is 2. The van der Waals surface area contributed by atoms with Gasteiger partial charge < -0.3 is 41.1 Å². The van der Waals surface area contributed by atoms with Crippen LogP contribution in [0.5, 0.6) is 0 Å². The van der Waals surface area contributed by atoms with E-state index >= 15 is 0 Å². The minimum atomic E-state index is -0.903. The summed E-state index contributed by atoms with van der Waals surface area (Å²) in [6.45, 7) is 13.4. The molecule has 0 amide bonds. The Morgan fingerprint density at radius 1 is 0.327 bits per heavy atom. The molecule has 4 N–H and O–H groups in total. The summed E-state index contributed by atoms with van der Waals surface area (Å²) in [6, 6.07) is 0. The summed E-state index contributed by atoms with van der Waals surface area (Å²) in [4.78, 5) is 20.4. The van der Waals surface area contributed by atoms with E-state index in [1.54, 1.807) is 0 Å². The van der Waals surface area contributed by atoms with Crippen molar-refractivity contribution in [2.75, 3.05) is 52.4 Å². The summed E-state index contributed by atoms with van der Waals surface area (Å²) in [5, 5.41) is 34.1. The SMILES string of the molecule is C1CNCCNCCCNCCNC1.CCCCCCCCCCCCCCCCCC(=O)[O-].CCCCCCCCCCCCCCCCCC(=O)[O-].[Mn+2]. The molecular weight excluding hydrogens is 727 g/mol. The first-order valence-electron chi connectivity index (χ1n) is 23.8. The van der Waals surface area contributed by atoms with Crippen LogP contribution in [-0.2, 0) is 26.7 Å². The van der Waals surface area contributed by atoms with E-state index in [-0.39, 0.29) is 29.9 Å². The van der Waals surface area contributed by atoms with Crippen LogP contribution in [0.25, 0.3) is 0 Å². The zero-order valence-electron chi connectivity index (χ0n) is 36.7. The molecule has 1 fully saturated rings. The van der Waals surface area contributed by atoms with Crippen LogP contribution >= 0.6 is 0 Å². The van der Waals surface area contributed by atoms with Crippen molar-refractivity contribution in [1.29, 1.82) is 0 Å². The molecule has 0 aromatic rings. The van der Waals surface area contributed by atoms with Crippen molar-refractivity contribution >= 4 is 11.9 Å². The molecule has 1 aliphatic heterocycles. The third-order valence-electron chi connectivity index (χ3n) is 10.3. The van der Waals surface area contributed by atoms with E-state index in [4.69, 9.17) is 0 Å². The third-order valence-corrected chi connectivity index (χ3v) is 10.3. The zero-order chi connectivity index (χ0) is 39.7. The quantitative estimate of drug-likeness (QED) is 0.0391. The van der Waals surface area contributed by atoms with E-state index in [1.807, 2.05) is 0 Å². The molecule has 8 nitrogen and oxygen atoms in total. The number of carboxylic acid groups (broad SMARTS) is 2. The minimum absolute atomic E-state index is 0. The van der Waals surface area contributed by atoms with E-state index in [2.05, 4.69) is 35.1 Å². The molecule has 0 saturated carbocycles. The summed E-state index contributed by atoms with van der Waals surface area (Å²) in [5.41, 5.74) is 0. The second-order valence-electron chi connectivity index (χ2n) is 15.9. The van der Waals surface area contributed by atoms with Crippen molar-refractivity contribution in [3.63, 3.8) is 0 Å². The van der Waals surface area contributed by atoms with Gasteiger partial charge in [0.2, 0.25) is 0 Å². The van der Waals surface area contributed by atoms with Gasteiger partial charge in [0.25, 0.3) is 0 Å². The molecule has 0 bridgehead atoms. The average molecular weight is 822 g/mol. The van der Waals surface area contributed by atoms with Crippen LogP contribution in [0.2, 0.25) is 0 Å². The van der Waals surface area contributed by atoms with Crippen molar-refractivity contribution in [1.82, 2.24) is 21.3 Å². The Labute approximate surface area is 353 Å². The number of unbranched alkanes of at least 4 members (excludes halogenated alkanes) is 28. The molecule has 0 atom stereocenters. The van der Waals surface area contributed by atoms with Gasteiger partial charge in [-0.2, -0.15) is 0 Å². The number of hydrogen-bond donors (Lipinski definition) is 4. The molecule has 1 rings (SSSR count). The molecule has 1 heterocycles. The molecule has 1 aliphatic rings. The smallest absolute Gasteiger partial charge is 0.550 e. The predicted octanol–water partition coefficient (Wildman–Crippen LogP) is 9.13. The maximum Gasteiger partial charge on any atom is 2.00 e. The molecule has 55 heavy (non-hydrogen) atoms. The maximum atomic E-state index is 10.2. The Kier molecular flexibility index (Phi) is 59.0. The summed E-state index contributed by atoms with van der Waals surface area (Å²) in [6.07, 6.45) is 42.2. The molecule has 329 valence electrons. The fraction of sp³-hybridized carbons (Fsp3) is 0.957. The number of aliphatic carboxylic acids is 2. The Balaban J connectivity index is -0.000000742. The predicted molar refractivity (Wildman–Crippen MR) is 230 cm³/mol. The van der Waals surface area contributed by atoms with Crippen LogP contribution in [0.4, 0.5) is 0 Å². The second kappa shape index (κ2) is 55.4. The number of rotatable bonds is 32. The Hall–Kier alpha value is -0.701. The van der Waals surface area contributed by atoms with Crippen LogP contribution in [0.3, 0.4) is 0 Å². The monoisotopic (exact) mass is 822 g/mol. The molecular formula is C46H94MnN4O4. The first kappa shape index (κ1) is 58.6. The summed E-state index contributed by atoms with van der Waals surface area (Å²) >= 11 is 0. The van der Waals surface area contributed by atoms with E-state index in [9.17, 15) is 19.8 Å². The number of carboxylic acids is 2. The Morgan fingerprint density at radius 2 is 0.509 bits per heavy atom. The van der Waals surface area contributed by atoms with E-state index in [0.717, 1.165) is 78.0 Å². The van der Waals surface area contributed by atoms with Crippen LogP contribution in [0.1, 0.15) is 232 Å². The third kappa shape index (κ3) is 62.7. The molecule has 9 heteroatoms. The normalized spacial score (nSPS) is 14.0. The van der Waals surface area contributed by atoms with Crippen molar-refractivity contribution in [3.8, 4) is 0 Å². The van der Waals surface area contributed by atoms with Crippen molar-refractivity contribution in [2.24, 2.45) is 0 Å². The maximum absolute atomic E-state index is 10.2.